The normalized spacial score (nSPS) is 10.1. The third-order valence-corrected chi connectivity index (χ3v) is 4.27. The third kappa shape index (κ3) is 5.13. The van der Waals surface area contributed by atoms with E-state index >= 15 is 0 Å². The van der Waals surface area contributed by atoms with Crippen molar-refractivity contribution in [1.82, 2.24) is 10.2 Å². The lowest BCUT2D eigenvalue weighted by molar-refractivity contribution is 0.354. The van der Waals surface area contributed by atoms with Crippen molar-refractivity contribution in [2.75, 3.05) is 27.8 Å². The van der Waals surface area contributed by atoms with Gasteiger partial charge >= 0.3 is 0 Å². The van der Waals surface area contributed by atoms with Crippen LogP contribution in [0.3, 0.4) is 0 Å². The first kappa shape index (κ1) is 18.1. The highest BCUT2D eigenvalue weighted by Crippen LogP contribution is 2.27. The van der Waals surface area contributed by atoms with Crippen LogP contribution in [0.4, 0.5) is 0 Å². The average molecular weight is 344 g/mol. The highest BCUT2D eigenvalue weighted by atomic mass is 32.1. The van der Waals surface area contributed by atoms with Gasteiger partial charge in [-0.2, -0.15) is 0 Å². The minimum atomic E-state index is 0.736. The number of hydrogen-bond acceptors (Lipinski definition) is 3. The molecule has 0 aromatic heterocycles. The molecule has 0 aliphatic heterocycles. The Morgan fingerprint density at radius 2 is 1.71 bits per heavy atom. The molecule has 0 saturated carbocycles. The molecule has 0 fully saturated rings. The van der Waals surface area contributed by atoms with E-state index in [1.165, 1.54) is 11.1 Å². The molecular formula is C19H24N2O2S. The van der Waals surface area contributed by atoms with Crippen molar-refractivity contribution in [1.29, 1.82) is 0 Å². The van der Waals surface area contributed by atoms with Gasteiger partial charge in [-0.05, 0) is 41.9 Å². The number of rotatable bonds is 7. The summed E-state index contributed by atoms with van der Waals surface area (Å²) in [6, 6.07) is 16.2. The van der Waals surface area contributed by atoms with Gasteiger partial charge in [0.25, 0.3) is 0 Å². The minimum Gasteiger partial charge on any atom is -0.493 e. The Kier molecular flexibility index (Phi) is 6.88. The van der Waals surface area contributed by atoms with E-state index < -0.39 is 0 Å². The largest absolute Gasteiger partial charge is 0.493 e. The Bertz CT molecular complexity index is 662. The van der Waals surface area contributed by atoms with Gasteiger partial charge in [0.15, 0.2) is 16.6 Å². The number of benzene rings is 2. The molecule has 4 nitrogen and oxygen atoms in total. The third-order valence-electron chi connectivity index (χ3n) is 3.82. The zero-order valence-electron chi connectivity index (χ0n) is 14.4. The van der Waals surface area contributed by atoms with E-state index in [2.05, 4.69) is 28.4 Å². The zero-order chi connectivity index (χ0) is 17.4. The molecule has 128 valence electrons. The monoisotopic (exact) mass is 344 g/mol. The van der Waals surface area contributed by atoms with Crippen LogP contribution in [0.15, 0.2) is 48.5 Å². The summed E-state index contributed by atoms with van der Waals surface area (Å²) in [4.78, 5) is 2.05. The number of methoxy groups -OCH3 is 2. The topological polar surface area (TPSA) is 33.7 Å². The molecule has 0 heterocycles. The van der Waals surface area contributed by atoms with Gasteiger partial charge in [0, 0.05) is 20.1 Å². The van der Waals surface area contributed by atoms with Gasteiger partial charge in [-0.1, -0.05) is 36.4 Å². The number of ether oxygens (including phenoxy) is 2. The summed E-state index contributed by atoms with van der Waals surface area (Å²) in [6.07, 6.45) is 0.879. The van der Waals surface area contributed by atoms with E-state index in [4.69, 9.17) is 21.7 Å². The van der Waals surface area contributed by atoms with E-state index in [0.29, 0.717) is 0 Å². The van der Waals surface area contributed by atoms with Crippen LogP contribution < -0.4 is 14.8 Å². The Labute approximate surface area is 149 Å². The van der Waals surface area contributed by atoms with Crippen molar-refractivity contribution in [3.8, 4) is 11.5 Å². The first-order valence-electron chi connectivity index (χ1n) is 7.88. The predicted octanol–water partition coefficient (Wildman–Crippen LogP) is 3.25. The van der Waals surface area contributed by atoms with Crippen LogP contribution in [0.2, 0.25) is 0 Å². The van der Waals surface area contributed by atoms with Gasteiger partial charge in [0.1, 0.15) is 0 Å². The Morgan fingerprint density at radius 1 is 1.00 bits per heavy atom. The SMILES string of the molecule is COc1ccc(CCN(C)C(=S)NCc2ccccc2)cc1OC. The second-order valence-electron chi connectivity index (χ2n) is 5.51. The summed E-state index contributed by atoms with van der Waals surface area (Å²) in [5.41, 5.74) is 2.40. The first-order chi connectivity index (χ1) is 11.6. The standard InChI is InChI=1S/C19H24N2O2S/c1-21(19(24)20-14-16-7-5-4-6-8-16)12-11-15-9-10-17(22-2)18(13-15)23-3/h4-10,13H,11-12,14H2,1-3H3,(H,20,24). The summed E-state index contributed by atoms with van der Waals surface area (Å²) < 4.78 is 10.6. The van der Waals surface area contributed by atoms with Gasteiger partial charge in [0.2, 0.25) is 0 Å². The van der Waals surface area contributed by atoms with Crippen molar-refractivity contribution < 1.29 is 9.47 Å². The molecule has 1 N–H and O–H groups in total. The predicted molar refractivity (Wildman–Crippen MR) is 102 cm³/mol. The lowest BCUT2D eigenvalue weighted by Gasteiger charge is -2.21. The number of hydrogen-bond donors (Lipinski definition) is 1. The molecule has 5 heteroatoms. The molecule has 0 aliphatic carbocycles. The summed E-state index contributed by atoms with van der Waals surface area (Å²) in [5.74, 6) is 1.50. The number of nitrogens with zero attached hydrogens (tertiary/aromatic N) is 1. The average Bonchev–Trinajstić information content (AvgIpc) is 2.64. The molecule has 0 bridgehead atoms. The molecule has 24 heavy (non-hydrogen) atoms. The van der Waals surface area contributed by atoms with Gasteiger partial charge in [0.05, 0.1) is 14.2 Å². The Balaban J connectivity index is 1.83. The van der Waals surface area contributed by atoms with Crippen molar-refractivity contribution in [3.63, 3.8) is 0 Å². The van der Waals surface area contributed by atoms with E-state index in [1.54, 1.807) is 14.2 Å². The fraction of sp³-hybridized carbons (Fsp3) is 0.316. The van der Waals surface area contributed by atoms with Crippen LogP contribution in [0.25, 0.3) is 0 Å². The summed E-state index contributed by atoms with van der Waals surface area (Å²) in [7, 11) is 5.29. The van der Waals surface area contributed by atoms with Gasteiger partial charge < -0.3 is 19.7 Å². The number of thiocarbonyl (C=S) groups is 1. The van der Waals surface area contributed by atoms with Crippen molar-refractivity contribution in [3.05, 3.63) is 59.7 Å². The second kappa shape index (κ2) is 9.13. The van der Waals surface area contributed by atoms with E-state index in [9.17, 15) is 0 Å². The van der Waals surface area contributed by atoms with Crippen LogP contribution in [-0.4, -0.2) is 37.8 Å². The highest BCUT2D eigenvalue weighted by Gasteiger charge is 2.07. The zero-order valence-corrected chi connectivity index (χ0v) is 15.2. The van der Waals surface area contributed by atoms with Crippen LogP contribution in [-0.2, 0) is 13.0 Å². The number of likely N-dealkylation sites (N-methyl/N-ethyl adjacent to an activating group) is 1. The van der Waals surface area contributed by atoms with Crippen molar-refractivity contribution in [2.24, 2.45) is 0 Å². The van der Waals surface area contributed by atoms with Gasteiger partial charge in [-0.15, -0.1) is 0 Å². The maximum atomic E-state index is 5.45. The van der Waals surface area contributed by atoms with E-state index in [1.807, 2.05) is 37.4 Å². The fourth-order valence-electron chi connectivity index (χ4n) is 2.34. The fourth-order valence-corrected chi connectivity index (χ4v) is 2.51. The van der Waals surface area contributed by atoms with Crippen LogP contribution in [0.5, 0.6) is 11.5 Å². The van der Waals surface area contributed by atoms with Crippen LogP contribution in [0, 0.1) is 0 Å². The second-order valence-corrected chi connectivity index (χ2v) is 5.89. The molecule has 2 aromatic rings. The molecular weight excluding hydrogens is 320 g/mol. The molecule has 0 amide bonds. The van der Waals surface area contributed by atoms with E-state index in [0.717, 1.165) is 36.1 Å². The van der Waals surface area contributed by atoms with Gasteiger partial charge in [-0.25, -0.2) is 0 Å². The van der Waals surface area contributed by atoms with Crippen LogP contribution >= 0.6 is 12.2 Å². The van der Waals surface area contributed by atoms with Crippen molar-refractivity contribution >= 4 is 17.3 Å². The smallest absolute Gasteiger partial charge is 0.168 e. The number of nitrogens with one attached hydrogen (secondary N) is 1. The maximum Gasteiger partial charge on any atom is 0.168 e. The molecule has 0 radical (unpaired) electrons. The van der Waals surface area contributed by atoms with E-state index in [-0.39, 0.29) is 0 Å². The molecule has 0 atom stereocenters. The molecule has 0 saturated heterocycles. The summed E-state index contributed by atoms with van der Waals surface area (Å²) in [6.45, 7) is 1.57. The first-order valence-corrected chi connectivity index (χ1v) is 8.28. The lowest BCUT2D eigenvalue weighted by atomic mass is 10.1. The highest BCUT2D eigenvalue weighted by molar-refractivity contribution is 7.80. The minimum absolute atomic E-state index is 0.736. The lowest BCUT2D eigenvalue weighted by Crippen LogP contribution is -2.37. The summed E-state index contributed by atoms with van der Waals surface area (Å²) >= 11 is 5.45. The molecule has 2 aromatic carbocycles. The Morgan fingerprint density at radius 3 is 2.38 bits per heavy atom. The molecule has 0 unspecified atom stereocenters. The molecule has 2 rings (SSSR count). The molecule has 0 aliphatic rings. The van der Waals surface area contributed by atoms with Crippen molar-refractivity contribution in [2.45, 2.75) is 13.0 Å². The maximum absolute atomic E-state index is 5.45. The molecule has 0 spiro atoms. The van der Waals surface area contributed by atoms with Crippen LogP contribution in [0.1, 0.15) is 11.1 Å². The Hall–Kier alpha value is -2.27. The summed E-state index contributed by atoms with van der Waals surface area (Å²) in [5, 5.41) is 4.04. The van der Waals surface area contributed by atoms with Gasteiger partial charge in [-0.3, -0.25) is 0 Å². The quantitative estimate of drug-likeness (QED) is 0.780.